The fourth-order valence-corrected chi connectivity index (χ4v) is 7.31. The minimum Gasteiger partial charge on any atom is -0.504 e. The molecule has 68 heavy (non-hydrogen) atoms. The van der Waals surface area contributed by atoms with Gasteiger partial charge in [-0.25, -0.2) is 0 Å². The van der Waals surface area contributed by atoms with E-state index in [-0.39, 0.29) is 48.6 Å². The number of aromatic hydroxyl groups is 6. The Hall–Kier alpha value is -6.22. The molecule has 14 heteroatoms. The van der Waals surface area contributed by atoms with Crippen LogP contribution in [0.1, 0.15) is 117 Å². The Labute approximate surface area is 403 Å². The highest BCUT2D eigenvalue weighted by Crippen LogP contribution is 2.40. The van der Waals surface area contributed by atoms with Crippen LogP contribution in [0.3, 0.4) is 0 Å². The van der Waals surface area contributed by atoms with Crippen molar-refractivity contribution in [3.63, 3.8) is 0 Å². The number of ether oxygens (including phenoxy) is 5. The van der Waals surface area contributed by atoms with E-state index in [2.05, 4.69) is 33.8 Å². The minimum atomic E-state index is -0.430. The molecule has 0 aliphatic heterocycles. The van der Waals surface area contributed by atoms with Crippen molar-refractivity contribution in [3.05, 3.63) is 111 Å². The van der Waals surface area contributed by atoms with E-state index in [1.165, 1.54) is 33.0 Å². The van der Waals surface area contributed by atoms with E-state index >= 15 is 0 Å². The van der Waals surface area contributed by atoms with Crippen LogP contribution < -0.4 is 23.7 Å². The van der Waals surface area contributed by atoms with Gasteiger partial charge in [0, 0.05) is 16.7 Å². The summed E-state index contributed by atoms with van der Waals surface area (Å²) in [6.07, 6.45) is 9.21. The van der Waals surface area contributed by atoms with Crippen LogP contribution in [0.25, 0.3) is 0 Å². The van der Waals surface area contributed by atoms with Gasteiger partial charge in [0.25, 0.3) is 0 Å². The van der Waals surface area contributed by atoms with Gasteiger partial charge in [-0.1, -0.05) is 103 Å². The summed E-state index contributed by atoms with van der Waals surface area (Å²) >= 11 is 0. The maximum atomic E-state index is 9.83. The van der Waals surface area contributed by atoms with Gasteiger partial charge >= 0.3 is 0 Å². The molecule has 0 spiro atoms. The van der Waals surface area contributed by atoms with Crippen LogP contribution in [0.2, 0.25) is 0 Å². The molecule has 0 aromatic heterocycles. The number of aliphatic hydroxyl groups is 3. The lowest BCUT2D eigenvalue weighted by atomic mass is 10.00. The maximum Gasteiger partial charge on any atom is 0.203 e. The summed E-state index contributed by atoms with van der Waals surface area (Å²) in [5.41, 5.74) is 8.04. The lowest BCUT2D eigenvalue weighted by Crippen LogP contribution is -2.00. The van der Waals surface area contributed by atoms with E-state index in [1.807, 2.05) is 44.2 Å². The molecule has 0 heterocycles. The first-order chi connectivity index (χ1) is 32.6. The van der Waals surface area contributed by atoms with Gasteiger partial charge in [0.05, 0.1) is 55.4 Å². The van der Waals surface area contributed by atoms with E-state index in [1.54, 1.807) is 32.4 Å². The minimum absolute atomic E-state index is 0.0557. The SMILES string of the molecule is CCCc1ccc(C)c(OC)c1CO.CCCc1ccc(O)c(O)c1O.CCCc1ccc(O)c(OC)c1CO.CCCc1ccc(OC)c(O)c1CO.CCCc1ccc(OC)c(OC)c1O. The molecule has 5 rings (SSSR count). The van der Waals surface area contributed by atoms with Gasteiger partial charge in [-0.2, -0.15) is 0 Å². The van der Waals surface area contributed by atoms with Crippen LogP contribution in [0.15, 0.2) is 60.7 Å². The predicted octanol–water partition coefficient (Wildman–Crippen LogP) is 10.3. The zero-order valence-corrected chi connectivity index (χ0v) is 42.0. The molecule has 0 amide bonds. The van der Waals surface area contributed by atoms with E-state index in [0.29, 0.717) is 46.1 Å². The van der Waals surface area contributed by atoms with Crippen molar-refractivity contribution in [2.75, 3.05) is 35.5 Å². The summed E-state index contributed by atoms with van der Waals surface area (Å²) in [5, 5.41) is 84.0. The quantitative estimate of drug-likeness (QED) is 0.0373. The summed E-state index contributed by atoms with van der Waals surface area (Å²) in [6, 6.07) is 17.8. The van der Waals surface area contributed by atoms with Crippen LogP contribution in [0.5, 0.6) is 63.2 Å². The number of hydrogen-bond acceptors (Lipinski definition) is 14. The molecular formula is C54H78O14. The van der Waals surface area contributed by atoms with E-state index in [9.17, 15) is 30.6 Å². The molecule has 378 valence electrons. The lowest BCUT2D eigenvalue weighted by Gasteiger charge is -2.13. The summed E-state index contributed by atoms with van der Waals surface area (Å²) in [4.78, 5) is 0. The largest absolute Gasteiger partial charge is 0.504 e. The third-order valence-corrected chi connectivity index (χ3v) is 10.7. The molecule has 0 saturated heterocycles. The molecule has 9 N–H and O–H groups in total. The Morgan fingerprint density at radius 1 is 0.338 bits per heavy atom. The second-order valence-corrected chi connectivity index (χ2v) is 15.5. The number of methoxy groups -OCH3 is 5. The fraction of sp³-hybridized carbons (Fsp3) is 0.444. The standard InChI is InChI=1S/C12H18O2.3C11H16O3.C9H12O3/c1-4-5-10-7-6-9(2)12(14-3)11(10)8-13;1-4-5-8-6-7-9(13-2)11(14-3)10(8)12;1-3-4-8-5-6-10(14-2)11(13)9(8)7-12;1-3-4-8-5-6-10(13)11(14-2)9(8)7-12;1-2-3-6-4-5-7(10)9(12)8(6)11/h6-7,13H,4-5,8H2,1-3H3;6-7,12H,4-5H2,1-3H3;2*5-6,12-13H,3-4,7H2,1-2H3;4-5,10-12H,2-3H2,1H3. The van der Waals surface area contributed by atoms with Crippen molar-refractivity contribution in [2.24, 2.45) is 0 Å². The van der Waals surface area contributed by atoms with E-state index < -0.39 is 5.75 Å². The molecule has 0 bridgehead atoms. The Morgan fingerprint density at radius 3 is 1.16 bits per heavy atom. The van der Waals surface area contributed by atoms with Gasteiger partial charge < -0.3 is 69.6 Å². The zero-order chi connectivity index (χ0) is 51.3. The fourth-order valence-electron chi connectivity index (χ4n) is 7.31. The van der Waals surface area contributed by atoms with Crippen LogP contribution in [0.4, 0.5) is 0 Å². The number of rotatable bonds is 18. The van der Waals surface area contributed by atoms with Gasteiger partial charge in [-0.15, -0.1) is 0 Å². The normalized spacial score (nSPS) is 10.1. The van der Waals surface area contributed by atoms with E-state index in [0.717, 1.165) is 91.4 Å². The second kappa shape index (κ2) is 32.5. The van der Waals surface area contributed by atoms with Gasteiger partial charge in [0.1, 0.15) is 5.75 Å². The highest BCUT2D eigenvalue weighted by Gasteiger charge is 2.15. The highest BCUT2D eigenvalue weighted by molar-refractivity contribution is 5.55. The average molecular weight is 951 g/mol. The summed E-state index contributed by atoms with van der Waals surface area (Å²) in [6.45, 7) is 12.1. The number of phenolic OH excluding ortho intramolecular Hbond substituents is 5. The summed E-state index contributed by atoms with van der Waals surface area (Å²) in [5.74, 6) is 2.00. The lowest BCUT2D eigenvalue weighted by molar-refractivity contribution is 0.269. The van der Waals surface area contributed by atoms with Gasteiger partial charge in [0.15, 0.2) is 46.0 Å². The van der Waals surface area contributed by atoms with Crippen LogP contribution >= 0.6 is 0 Å². The molecule has 0 radical (unpaired) electrons. The predicted molar refractivity (Wildman–Crippen MR) is 267 cm³/mol. The Kier molecular flexibility index (Phi) is 28.6. The van der Waals surface area contributed by atoms with E-state index in [4.69, 9.17) is 39.0 Å². The highest BCUT2D eigenvalue weighted by atomic mass is 16.5. The number of hydrogen-bond donors (Lipinski definition) is 9. The molecule has 5 aromatic rings. The molecular weight excluding hydrogens is 873 g/mol. The number of aliphatic hydroxyl groups excluding tert-OH is 3. The molecule has 0 saturated carbocycles. The molecule has 0 aliphatic rings. The number of phenols is 6. The Morgan fingerprint density at radius 2 is 0.706 bits per heavy atom. The molecule has 14 nitrogen and oxygen atoms in total. The Balaban J connectivity index is 0.000000425. The Bertz CT molecular complexity index is 2170. The van der Waals surface area contributed by atoms with Gasteiger partial charge in [-0.3, -0.25) is 0 Å². The van der Waals surface area contributed by atoms with Gasteiger partial charge in [0.2, 0.25) is 11.5 Å². The molecule has 0 fully saturated rings. The topological polar surface area (TPSA) is 228 Å². The third kappa shape index (κ3) is 17.1. The number of aryl methyl sites for hydroxylation is 6. The second-order valence-electron chi connectivity index (χ2n) is 15.5. The van der Waals surface area contributed by atoms with Crippen LogP contribution in [0, 0.1) is 6.92 Å². The van der Waals surface area contributed by atoms with Crippen LogP contribution in [-0.2, 0) is 51.9 Å². The van der Waals surface area contributed by atoms with Crippen molar-refractivity contribution in [1.82, 2.24) is 0 Å². The smallest absolute Gasteiger partial charge is 0.203 e. The molecule has 5 aromatic carbocycles. The molecule has 0 aliphatic carbocycles. The first-order valence-electron chi connectivity index (χ1n) is 23.0. The molecule has 0 atom stereocenters. The summed E-state index contributed by atoms with van der Waals surface area (Å²) in [7, 11) is 7.71. The van der Waals surface area contributed by atoms with Gasteiger partial charge in [-0.05, 0) is 96.7 Å². The summed E-state index contributed by atoms with van der Waals surface area (Å²) < 4.78 is 25.4. The number of benzene rings is 5. The first-order valence-corrected chi connectivity index (χ1v) is 23.0. The van der Waals surface area contributed by atoms with Crippen molar-refractivity contribution >= 4 is 0 Å². The van der Waals surface area contributed by atoms with Crippen molar-refractivity contribution in [1.29, 1.82) is 0 Å². The maximum absolute atomic E-state index is 9.83. The van der Waals surface area contributed by atoms with Crippen molar-refractivity contribution in [2.45, 2.75) is 126 Å². The van der Waals surface area contributed by atoms with Crippen molar-refractivity contribution in [3.8, 4) is 63.2 Å². The monoisotopic (exact) mass is 951 g/mol. The van der Waals surface area contributed by atoms with Crippen LogP contribution in [-0.4, -0.2) is 81.5 Å². The third-order valence-electron chi connectivity index (χ3n) is 10.7. The van der Waals surface area contributed by atoms with Crippen molar-refractivity contribution < 1.29 is 69.6 Å². The molecule has 0 unspecified atom stereocenters. The first kappa shape index (κ1) is 59.8. The average Bonchev–Trinajstić information content (AvgIpc) is 3.34. The zero-order valence-electron chi connectivity index (χ0n) is 42.0.